The fourth-order valence-corrected chi connectivity index (χ4v) is 2.31. The number of hydrogen-bond donors (Lipinski definition) is 1. The van der Waals surface area contributed by atoms with E-state index in [1.54, 1.807) is 7.11 Å². The largest absolute Gasteiger partial charge is 0.383 e. The molecule has 2 heterocycles. The van der Waals surface area contributed by atoms with Crippen LogP contribution in [0, 0.1) is 6.92 Å². The lowest BCUT2D eigenvalue weighted by Crippen LogP contribution is -2.26. The van der Waals surface area contributed by atoms with Crippen molar-refractivity contribution in [3.63, 3.8) is 0 Å². The Kier molecular flexibility index (Phi) is 4.85. The molecule has 0 bridgehead atoms. The summed E-state index contributed by atoms with van der Waals surface area (Å²) in [6.07, 6.45) is 2.07. The molecule has 0 amide bonds. The number of nitrogens with one attached hydrogen (secondary N) is 1. The second-order valence-electron chi connectivity index (χ2n) is 5.18. The van der Waals surface area contributed by atoms with Crippen LogP contribution in [-0.4, -0.2) is 36.8 Å². The Bertz CT molecular complexity index is 417. The highest BCUT2D eigenvalue weighted by Gasteiger charge is 2.35. The third-order valence-electron chi connectivity index (χ3n) is 3.39. The predicted octanol–water partition coefficient (Wildman–Crippen LogP) is 1.55. The molecule has 0 spiro atoms. The normalized spacial score (nSPS) is 22.9. The van der Waals surface area contributed by atoms with Gasteiger partial charge in [-0.2, -0.15) is 0 Å². The third-order valence-corrected chi connectivity index (χ3v) is 3.39. The molecule has 5 nitrogen and oxygen atoms in total. The van der Waals surface area contributed by atoms with Crippen molar-refractivity contribution in [2.75, 3.05) is 26.9 Å². The molecular formula is C14H23N3O2. The van der Waals surface area contributed by atoms with Crippen molar-refractivity contribution in [3.8, 4) is 0 Å². The van der Waals surface area contributed by atoms with Gasteiger partial charge in [-0.05, 0) is 32.8 Å². The summed E-state index contributed by atoms with van der Waals surface area (Å²) in [5.41, 5.74) is 1.69. The first-order chi connectivity index (χ1) is 9.14. The summed E-state index contributed by atoms with van der Waals surface area (Å²) in [7, 11) is 1.70. The van der Waals surface area contributed by atoms with E-state index in [-0.39, 0.29) is 5.60 Å². The Hall–Kier alpha value is -1.04. The number of nitrogens with zero attached hydrogens (tertiary/aromatic N) is 2. The molecule has 19 heavy (non-hydrogen) atoms. The quantitative estimate of drug-likeness (QED) is 0.791. The highest BCUT2D eigenvalue weighted by atomic mass is 16.5. The van der Waals surface area contributed by atoms with Gasteiger partial charge in [0.2, 0.25) is 0 Å². The van der Waals surface area contributed by atoms with Crippen molar-refractivity contribution in [2.45, 2.75) is 38.8 Å². The summed E-state index contributed by atoms with van der Waals surface area (Å²) < 4.78 is 10.8. The Morgan fingerprint density at radius 3 is 3.00 bits per heavy atom. The SMILES string of the molecule is COCCNCc1cc(C)nc(C2(C)CCCO2)n1. The van der Waals surface area contributed by atoms with E-state index in [2.05, 4.69) is 22.2 Å². The van der Waals surface area contributed by atoms with E-state index < -0.39 is 0 Å². The molecule has 1 aromatic heterocycles. The summed E-state index contributed by atoms with van der Waals surface area (Å²) in [6, 6.07) is 2.02. The van der Waals surface area contributed by atoms with Crippen molar-refractivity contribution >= 4 is 0 Å². The summed E-state index contributed by atoms with van der Waals surface area (Å²) in [5, 5.41) is 3.30. The van der Waals surface area contributed by atoms with E-state index in [1.165, 1.54) is 0 Å². The minimum absolute atomic E-state index is 0.312. The van der Waals surface area contributed by atoms with Gasteiger partial charge < -0.3 is 14.8 Å². The molecule has 1 fully saturated rings. The molecule has 5 heteroatoms. The van der Waals surface area contributed by atoms with Gasteiger partial charge in [-0.3, -0.25) is 0 Å². The van der Waals surface area contributed by atoms with Crippen molar-refractivity contribution in [1.29, 1.82) is 0 Å². The van der Waals surface area contributed by atoms with Crippen LogP contribution in [0.1, 0.15) is 37.0 Å². The molecule has 0 aromatic carbocycles. The number of rotatable bonds is 6. The number of aromatic nitrogens is 2. The fraction of sp³-hybridized carbons (Fsp3) is 0.714. The van der Waals surface area contributed by atoms with Crippen LogP contribution in [0.4, 0.5) is 0 Å². The van der Waals surface area contributed by atoms with Crippen molar-refractivity contribution < 1.29 is 9.47 Å². The van der Waals surface area contributed by atoms with Crippen LogP contribution in [0.15, 0.2) is 6.07 Å². The zero-order chi connectivity index (χ0) is 13.7. The fourth-order valence-electron chi connectivity index (χ4n) is 2.31. The van der Waals surface area contributed by atoms with Crippen molar-refractivity contribution in [3.05, 3.63) is 23.3 Å². The summed E-state index contributed by atoms with van der Waals surface area (Å²) in [4.78, 5) is 9.19. The molecule has 0 saturated carbocycles. The zero-order valence-electron chi connectivity index (χ0n) is 12.0. The monoisotopic (exact) mass is 265 g/mol. The van der Waals surface area contributed by atoms with Gasteiger partial charge in [0, 0.05) is 32.5 Å². The summed E-state index contributed by atoms with van der Waals surface area (Å²) in [6.45, 7) is 7.14. The lowest BCUT2D eigenvalue weighted by Gasteiger charge is -2.22. The number of methoxy groups -OCH3 is 1. The molecule has 1 unspecified atom stereocenters. The first kappa shape index (κ1) is 14.4. The molecule has 1 saturated heterocycles. The van der Waals surface area contributed by atoms with Gasteiger partial charge in [0.1, 0.15) is 5.60 Å². The number of hydrogen-bond acceptors (Lipinski definition) is 5. The van der Waals surface area contributed by atoms with Crippen LogP contribution >= 0.6 is 0 Å². The lowest BCUT2D eigenvalue weighted by atomic mass is 10.0. The highest BCUT2D eigenvalue weighted by Crippen LogP contribution is 2.33. The molecule has 106 valence electrons. The second kappa shape index (κ2) is 6.41. The third kappa shape index (κ3) is 3.72. The molecular weight excluding hydrogens is 242 g/mol. The van der Waals surface area contributed by atoms with Gasteiger partial charge in [-0.25, -0.2) is 9.97 Å². The molecule has 1 aromatic rings. The van der Waals surface area contributed by atoms with E-state index in [4.69, 9.17) is 9.47 Å². The Labute approximate surface area is 114 Å². The predicted molar refractivity (Wildman–Crippen MR) is 72.9 cm³/mol. The van der Waals surface area contributed by atoms with Crippen LogP contribution in [-0.2, 0) is 21.6 Å². The van der Waals surface area contributed by atoms with E-state index in [0.29, 0.717) is 6.61 Å². The molecule has 1 atom stereocenters. The topological polar surface area (TPSA) is 56.3 Å². The Morgan fingerprint density at radius 2 is 2.32 bits per heavy atom. The molecule has 1 N–H and O–H groups in total. The van der Waals surface area contributed by atoms with Crippen LogP contribution in [0.3, 0.4) is 0 Å². The molecule has 0 aliphatic carbocycles. The van der Waals surface area contributed by atoms with Crippen LogP contribution in [0.25, 0.3) is 0 Å². The summed E-state index contributed by atoms with van der Waals surface area (Å²) in [5.74, 6) is 0.813. The van der Waals surface area contributed by atoms with Crippen molar-refractivity contribution in [2.24, 2.45) is 0 Å². The van der Waals surface area contributed by atoms with Gasteiger partial charge in [0.25, 0.3) is 0 Å². The van der Waals surface area contributed by atoms with E-state index in [9.17, 15) is 0 Å². The minimum Gasteiger partial charge on any atom is -0.383 e. The Morgan fingerprint density at radius 1 is 1.47 bits per heavy atom. The standard InChI is InChI=1S/C14H23N3O2/c1-11-9-12(10-15-6-8-18-3)17-13(16-11)14(2)5-4-7-19-14/h9,15H,4-8,10H2,1-3H3. The highest BCUT2D eigenvalue weighted by molar-refractivity contribution is 5.14. The molecule has 1 aliphatic rings. The average Bonchev–Trinajstić information content (AvgIpc) is 2.82. The average molecular weight is 265 g/mol. The maximum Gasteiger partial charge on any atom is 0.160 e. The second-order valence-corrected chi connectivity index (χ2v) is 5.18. The maximum atomic E-state index is 5.81. The molecule has 1 aliphatic heterocycles. The van der Waals surface area contributed by atoms with Gasteiger partial charge in [-0.15, -0.1) is 0 Å². The van der Waals surface area contributed by atoms with Crippen LogP contribution < -0.4 is 5.32 Å². The number of aryl methyl sites for hydroxylation is 1. The van der Waals surface area contributed by atoms with E-state index >= 15 is 0 Å². The van der Waals surface area contributed by atoms with Crippen molar-refractivity contribution in [1.82, 2.24) is 15.3 Å². The molecule has 2 rings (SSSR count). The summed E-state index contributed by atoms with van der Waals surface area (Å²) >= 11 is 0. The zero-order valence-corrected chi connectivity index (χ0v) is 12.0. The van der Waals surface area contributed by atoms with Crippen LogP contribution in [0.5, 0.6) is 0 Å². The van der Waals surface area contributed by atoms with Gasteiger partial charge in [0.15, 0.2) is 5.82 Å². The van der Waals surface area contributed by atoms with E-state index in [1.807, 2.05) is 13.0 Å². The lowest BCUT2D eigenvalue weighted by molar-refractivity contribution is 0.00899. The first-order valence-electron chi connectivity index (χ1n) is 6.83. The smallest absolute Gasteiger partial charge is 0.160 e. The van der Waals surface area contributed by atoms with Gasteiger partial charge in [0.05, 0.1) is 12.3 Å². The number of ether oxygens (including phenoxy) is 2. The van der Waals surface area contributed by atoms with Gasteiger partial charge in [-0.1, -0.05) is 0 Å². The van der Waals surface area contributed by atoms with E-state index in [0.717, 1.165) is 49.8 Å². The minimum atomic E-state index is -0.312. The van der Waals surface area contributed by atoms with Gasteiger partial charge >= 0.3 is 0 Å². The first-order valence-corrected chi connectivity index (χ1v) is 6.83. The molecule has 0 radical (unpaired) electrons. The Balaban J connectivity index is 2.06. The van der Waals surface area contributed by atoms with Crippen LogP contribution in [0.2, 0.25) is 0 Å². The maximum absolute atomic E-state index is 5.81.